The van der Waals surface area contributed by atoms with Crippen LogP contribution in [0.15, 0.2) is 42.5 Å². The summed E-state index contributed by atoms with van der Waals surface area (Å²) in [7, 11) is 0. The zero-order valence-electron chi connectivity index (χ0n) is 13.4. The molecule has 25 heavy (non-hydrogen) atoms. The molecule has 1 unspecified atom stereocenters. The summed E-state index contributed by atoms with van der Waals surface area (Å²) in [6.07, 6.45) is -3.03. The highest BCUT2D eigenvalue weighted by Gasteiger charge is 2.41. The lowest BCUT2D eigenvalue weighted by Crippen LogP contribution is -2.36. The van der Waals surface area contributed by atoms with E-state index < -0.39 is 11.7 Å². The minimum Gasteiger partial charge on any atom is -0.508 e. The molecule has 132 valence electrons. The first-order chi connectivity index (χ1) is 11.9. The van der Waals surface area contributed by atoms with Gasteiger partial charge in [0.25, 0.3) is 0 Å². The van der Waals surface area contributed by atoms with E-state index in [-0.39, 0.29) is 23.8 Å². The van der Waals surface area contributed by atoms with Gasteiger partial charge in [0.2, 0.25) is 0 Å². The summed E-state index contributed by atoms with van der Waals surface area (Å²) < 4.78 is 45.1. The van der Waals surface area contributed by atoms with Crippen molar-refractivity contribution in [3.05, 3.63) is 59.2 Å². The van der Waals surface area contributed by atoms with Gasteiger partial charge in [0.1, 0.15) is 5.75 Å². The molecule has 1 fully saturated rings. The van der Waals surface area contributed by atoms with Gasteiger partial charge in [0, 0.05) is 23.8 Å². The minimum atomic E-state index is -4.37. The Morgan fingerprint density at radius 2 is 1.96 bits per heavy atom. The molecule has 0 spiro atoms. The normalized spacial score (nSPS) is 25.6. The predicted molar refractivity (Wildman–Crippen MR) is 87.3 cm³/mol. The van der Waals surface area contributed by atoms with E-state index in [0.717, 1.165) is 24.5 Å². The molecule has 4 rings (SSSR count). The average Bonchev–Trinajstić information content (AvgIpc) is 2.60. The lowest BCUT2D eigenvalue weighted by atomic mass is 9.77. The highest BCUT2D eigenvalue weighted by Crippen LogP contribution is 2.50. The summed E-state index contributed by atoms with van der Waals surface area (Å²) >= 11 is 0. The number of nitrogens with one attached hydrogen (secondary N) is 1. The number of rotatable bonds is 1. The number of fused-ring (bicyclic) bond motifs is 3. The van der Waals surface area contributed by atoms with Crippen LogP contribution >= 0.6 is 0 Å². The first kappa shape index (κ1) is 16.3. The molecule has 1 saturated heterocycles. The molecular formula is C19H18F3NO2. The Labute approximate surface area is 143 Å². The Morgan fingerprint density at radius 3 is 2.72 bits per heavy atom. The standard InChI is InChI=1S/C19H18F3NO2/c20-19(21,22)12-6-7-16-15(10-12)18-14(5-2-8-25-18)17(23-16)11-3-1-4-13(24)9-11/h1,3-4,6-7,9-10,14,17-18,23-24H,2,5,8H2/t14-,17?,18-/m1/s1. The van der Waals surface area contributed by atoms with Crippen LogP contribution in [-0.4, -0.2) is 11.7 Å². The second kappa shape index (κ2) is 5.95. The number of alkyl halides is 3. The number of ether oxygens (including phenoxy) is 1. The summed E-state index contributed by atoms with van der Waals surface area (Å²) in [5.41, 5.74) is 1.48. The van der Waals surface area contributed by atoms with Crippen LogP contribution in [0.4, 0.5) is 18.9 Å². The summed E-state index contributed by atoms with van der Waals surface area (Å²) in [6, 6.07) is 10.6. The molecule has 2 N–H and O–H groups in total. The minimum absolute atomic E-state index is 0.0199. The van der Waals surface area contributed by atoms with Crippen LogP contribution in [0.2, 0.25) is 0 Å². The molecule has 3 nitrogen and oxygen atoms in total. The molecule has 2 aliphatic heterocycles. The van der Waals surface area contributed by atoms with Crippen LogP contribution in [0.5, 0.6) is 5.75 Å². The third-order valence-electron chi connectivity index (χ3n) is 5.02. The van der Waals surface area contributed by atoms with Gasteiger partial charge < -0.3 is 15.2 Å². The van der Waals surface area contributed by atoms with Crippen molar-refractivity contribution in [2.75, 3.05) is 11.9 Å². The van der Waals surface area contributed by atoms with Crippen molar-refractivity contribution in [2.45, 2.75) is 31.2 Å². The van der Waals surface area contributed by atoms with Crippen molar-refractivity contribution in [3.8, 4) is 5.75 Å². The van der Waals surface area contributed by atoms with Gasteiger partial charge in [-0.3, -0.25) is 0 Å². The van der Waals surface area contributed by atoms with Crippen molar-refractivity contribution < 1.29 is 23.0 Å². The van der Waals surface area contributed by atoms with Gasteiger partial charge in [-0.2, -0.15) is 13.2 Å². The molecule has 0 saturated carbocycles. The fourth-order valence-corrected chi connectivity index (χ4v) is 3.90. The third-order valence-corrected chi connectivity index (χ3v) is 5.02. The predicted octanol–water partition coefficient (Wildman–Crippen LogP) is 5.05. The molecule has 0 radical (unpaired) electrons. The SMILES string of the molecule is Oc1cccc(C2Nc3ccc(C(F)(F)F)cc3[C@@H]3OCCC[C@H]23)c1. The number of hydrogen-bond acceptors (Lipinski definition) is 3. The van der Waals surface area contributed by atoms with Crippen LogP contribution in [-0.2, 0) is 10.9 Å². The molecule has 0 bridgehead atoms. The topological polar surface area (TPSA) is 41.5 Å². The Morgan fingerprint density at radius 1 is 1.12 bits per heavy atom. The van der Waals surface area contributed by atoms with Crippen molar-refractivity contribution in [2.24, 2.45) is 5.92 Å². The molecular weight excluding hydrogens is 331 g/mol. The fraction of sp³-hybridized carbons (Fsp3) is 0.368. The number of benzene rings is 2. The molecule has 2 heterocycles. The molecule has 0 aliphatic carbocycles. The summed E-state index contributed by atoms with van der Waals surface area (Å²) in [5.74, 6) is 0.192. The second-order valence-electron chi connectivity index (χ2n) is 6.61. The number of hydrogen-bond donors (Lipinski definition) is 2. The fourth-order valence-electron chi connectivity index (χ4n) is 3.90. The Bertz CT molecular complexity index is 790. The molecule has 6 heteroatoms. The van der Waals surface area contributed by atoms with Gasteiger partial charge in [-0.05, 0) is 48.7 Å². The van der Waals surface area contributed by atoms with E-state index in [0.29, 0.717) is 17.9 Å². The molecule has 2 aromatic rings. The Balaban J connectivity index is 1.78. The first-order valence-electron chi connectivity index (χ1n) is 8.32. The van der Waals surface area contributed by atoms with Crippen molar-refractivity contribution >= 4 is 5.69 Å². The number of anilines is 1. The highest BCUT2D eigenvalue weighted by atomic mass is 19.4. The third kappa shape index (κ3) is 2.95. The van der Waals surface area contributed by atoms with E-state index in [2.05, 4.69) is 5.32 Å². The van der Waals surface area contributed by atoms with Gasteiger partial charge in [0.05, 0.1) is 17.7 Å². The molecule has 2 aliphatic rings. The smallest absolute Gasteiger partial charge is 0.416 e. The summed E-state index contributed by atoms with van der Waals surface area (Å²) in [6.45, 7) is 0.545. The second-order valence-corrected chi connectivity index (χ2v) is 6.61. The zero-order valence-corrected chi connectivity index (χ0v) is 13.4. The van der Waals surface area contributed by atoms with E-state index in [4.69, 9.17) is 4.74 Å². The van der Waals surface area contributed by atoms with Crippen LogP contribution in [0.3, 0.4) is 0 Å². The summed E-state index contributed by atoms with van der Waals surface area (Å²) in [4.78, 5) is 0. The van der Waals surface area contributed by atoms with E-state index in [1.165, 1.54) is 12.1 Å². The molecule has 0 amide bonds. The maximum absolute atomic E-state index is 13.1. The number of phenols is 1. The van der Waals surface area contributed by atoms with Crippen LogP contribution in [0, 0.1) is 5.92 Å². The first-order valence-corrected chi connectivity index (χ1v) is 8.32. The van der Waals surface area contributed by atoms with Crippen LogP contribution in [0.1, 0.15) is 41.7 Å². The van der Waals surface area contributed by atoms with Crippen molar-refractivity contribution in [1.29, 1.82) is 0 Å². The maximum atomic E-state index is 13.1. The zero-order chi connectivity index (χ0) is 17.6. The monoisotopic (exact) mass is 349 g/mol. The Kier molecular flexibility index (Phi) is 3.87. The van der Waals surface area contributed by atoms with E-state index >= 15 is 0 Å². The van der Waals surface area contributed by atoms with E-state index in [1.54, 1.807) is 18.2 Å². The maximum Gasteiger partial charge on any atom is 0.416 e. The lowest BCUT2D eigenvalue weighted by molar-refractivity contribution is -0.137. The molecule has 3 atom stereocenters. The number of phenolic OH excluding ortho intramolecular Hbond substituents is 1. The molecule has 2 aromatic carbocycles. The average molecular weight is 349 g/mol. The quantitative estimate of drug-likeness (QED) is 0.757. The Hall–Kier alpha value is -2.21. The van der Waals surface area contributed by atoms with Crippen LogP contribution < -0.4 is 5.32 Å². The summed E-state index contributed by atoms with van der Waals surface area (Å²) in [5, 5.41) is 13.1. The van der Waals surface area contributed by atoms with E-state index in [9.17, 15) is 18.3 Å². The van der Waals surface area contributed by atoms with Gasteiger partial charge in [-0.15, -0.1) is 0 Å². The van der Waals surface area contributed by atoms with Crippen molar-refractivity contribution in [1.82, 2.24) is 0 Å². The highest BCUT2D eigenvalue weighted by molar-refractivity contribution is 5.59. The number of aromatic hydroxyl groups is 1. The van der Waals surface area contributed by atoms with Gasteiger partial charge in [-0.1, -0.05) is 12.1 Å². The van der Waals surface area contributed by atoms with Gasteiger partial charge >= 0.3 is 6.18 Å². The lowest BCUT2D eigenvalue weighted by Gasteiger charge is -2.43. The number of halogens is 3. The largest absolute Gasteiger partial charge is 0.508 e. The van der Waals surface area contributed by atoms with Gasteiger partial charge in [-0.25, -0.2) is 0 Å². The molecule has 0 aromatic heterocycles. The van der Waals surface area contributed by atoms with Crippen LogP contribution in [0.25, 0.3) is 0 Å². The van der Waals surface area contributed by atoms with Gasteiger partial charge in [0.15, 0.2) is 0 Å². The van der Waals surface area contributed by atoms with E-state index in [1.807, 2.05) is 6.07 Å². The van der Waals surface area contributed by atoms with Crippen molar-refractivity contribution in [3.63, 3.8) is 0 Å².